The molecule has 0 spiro atoms. The van der Waals surface area contributed by atoms with Crippen molar-refractivity contribution in [3.8, 4) is 22.5 Å². The van der Waals surface area contributed by atoms with Gasteiger partial charge in [0.15, 0.2) is 0 Å². The molecule has 0 saturated carbocycles. The van der Waals surface area contributed by atoms with Gasteiger partial charge in [0, 0.05) is 23.9 Å². The van der Waals surface area contributed by atoms with Gasteiger partial charge in [-0.3, -0.25) is 9.78 Å². The monoisotopic (exact) mass is 351 g/mol. The minimum Gasteiger partial charge on any atom is -0.348 e. The number of hydrogen-bond donors (Lipinski definition) is 1. The summed E-state index contributed by atoms with van der Waals surface area (Å²) >= 11 is 0. The number of carbonyl (C=O) groups is 1. The van der Waals surface area contributed by atoms with Crippen molar-refractivity contribution < 1.29 is 13.6 Å². The van der Waals surface area contributed by atoms with Crippen LogP contribution in [0.4, 0.5) is 8.78 Å². The average molecular weight is 351 g/mol. The molecular weight excluding hydrogens is 336 g/mol. The molecule has 1 aromatic carbocycles. The number of hydrogen-bond acceptors (Lipinski definition) is 3. The van der Waals surface area contributed by atoms with Crippen LogP contribution in [0.2, 0.25) is 0 Å². The summed E-state index contributed by atoms with van der Waals surface area (Å²) in [6.45, 7) is 3.60. The van der Waals surface area contributed by atoms with Crippen LogP contribution in [-0.2, 0) is 11.3 Å². The lowest BCUT2D eigenvalue weighted by molar-refractivity contribution is -0.116. The van der Waals surface area contributed by atoms with Crippen molar-refractivity contribution in [1.29, 1.82) is 0 Å². The maximum atomic E-state index is 13.6. The largest absolute Gasteiger partial charge is 0.348 e. The lowest BCUT2D eigenvalue weighted by Gasteiger charge is -2.12. The van der Waals surface area contributed by atoms with Crippen molar-refractivity contribution in [3.05, 3.63) is 84.7 Å². The van der Waals surface area contributed by atoms with Crippen LogP contribution in [0.3, 0.4) is 0 Å². The Balaban J connectivity index is 2.05. The van der Waals surface area contributed by atoms with Gasteiger partial charge in [-0.2, -0.15) is 4.39 Å². The first-order valence-corrected chi connectivity index (χ1v) is 7.85. The third-order valence-electron chi connectivity index (χ3n) is 3.76. The van der Waals surface area contributed by atoms with Gasteiger partial charge in [-0.1, -0.05) is 12.6 Å². The lowest BCUT2D eigenvalue weighted by Crippen LogP contribution is -2.20. The molecule has 0 aliphatic heterocycles. The summed E-state index contributed by atoms with van der Waals surface area (Å²) < 4.78 is 26.7. The summed E-state index contributed by atoms with van der Waals surface area (Å²) in [6, 6.07) is 12.1. The Hall–Kier alpha value is -3.41. The predicted octanol–water partition coefficient (Wildman–Crippen LogP) is 3.89. The van der Waals surface area contributed by atoms with Crippen LogP contribution in [-0.4, -0.2) is 15.9 Å². The van der Waals surface area contributed by atoms with Crippen molar-refractivity contribution >= 4 is 5.91 Å². The van der Waals surface area contributed by atoms with Crippen molar-refractivity contribution in [2.45, 2.75) is 6.54 Å². The molecule has 2 aromatic heterocycles. The van der Waals surface area contributed by atoms with Gasteiger partial charge in [0.05, 0.1) is 11.4 Å². The number of halogens is 2. The normalized spacial score (nSPS) is 10.4. The van der Waals surface area contributed by atoms with Crippen LogP contribution in [0, 0.1) is 11.8 Å². The quantitative estimate of drug-likeness (QED) is 0.560. The Kier molecular flexibility index (Phi) is 5.12. The molecule has 0 saturated heterocycles. The molecule has 1 N–H and O–H groups in total. The minimum absolute atomic E-state index is 0.190. The highest BCUT2D eigenvalue weighted by Gasteiger charge is 2.12. The third-order valence-corrected chi connectivity index (χ3v) is 3.76. The molecule has 3 rings (SSSR count). The van der Waals surface area contributed by atoms with E-state index in [1.54, 1.807) is 36.5 Å². The highest BCUT2D eigenvalue weighted by Crippen LogP contribution is 2.27. The Morgan fingerprint density at radius 3 is 2.58 bits per heavy atom. The zero-order valence-electron chi connectivity index (χ0n) is 13.7. The molecular formula is C20H15F2N3O. The molecule has 0 radical (unpaired) electrons. The number of amides is 1. The van der Waals surface area contributed by atoms with Gasteiger partial charge in [-0.25, -0.2) is 9.37 Å². The number of carbonyl (C=O) groups excluding carboxylic acids is 1. The minimum atomic E-state index is -0.608. The maximum absolute atomic E-state index is 13.6. The van der Waals surface area contributed by atoms with E-state index in [0.717, 1.165) is 0 Å². The zero-order valence-corrected chi connectivity index (χ0v) is 13.7. The van der Waals surface area contributed by atoms with Gasteiger partial charge in [0.25, 0.3) is 0 Å². The fourth-order valence-corrected chi connectivity index (χ4v) is 2.45. The van der Waals surface area contributed by atoms with E-state index in [1.807, 2.05) is 0 Å². The summed E-state index contributed by atoms with van der Waals surface area (Å²) in [7, 11) is 0. The number of pyridine rings is 2. The summed E-state index contributed by atoms with van der Waals surface area (Å²) in [5.74, 6) is -1.28. The van der Waals surface area contributed by atoms with E-state index in [9.17, 15) is 13.6 Å². The highest BCUT2D eigenvalue weighted by molar-refractivity contribution is 5.87. The highest BCUT2D eigenvalue weighted by atomic mass is 19.1. The Bertz CT molecular complexity index is 956. The molecule has 0 aliphatic carbocycles. The number of aromatic nitrogens is 2. The first kappa shape index (κ1) is 17.4. The van der Waals surface area contributed by atoms with E-state index in [-0.39, 0.29) is 18.3 Å². The maximum Gasteiger partial charge on any atom is 0.243 e. The lowest BCUT2D eigenvalue weighted by atomic mass is 10.0. The summed E-state index contributed by atoms with van der Waals surface area (Å²) in [5.41, 5.74) is 3.02. The van der Waals surface area contributed by atoms with Crippen LogP contribution < -0.4 is 5.32 Å². The number of benzene rings is 1. The molecule has 3 aromatic rings. The summed E-state index contributed by atoms with van der Waals surface area (Å²) in [5, 5.41) is 2.67. The molecule has 4 nitrogen and oxygen atoms in total. The first-order valence-electron chi connectivity index (χ1n) is 7.85. The van der Waals surface area contributed by atoms with Crippen LogP contribution >= 0.6 is 0 Å². The van der Waals surface area contributed by atoms with Crippen LogP contribution in [0.15, 0.2) is 67.4 Å². The molecule has 0 bridgehead atoms. The second-order valence-corrected chi connectivity index (χ2v) is 5.50. The molecule has 0 aliphatic rings. The van der Waals surface area contributed by atoms with Gasteiger partial charge in [-0.15, -0.1) is 0 Å². The van der Waals surface area contributed by atoms with E-state index in [2.05, 4.69) is 21.9 Å². The number of rotatable bonds is 5. The molecule has 2 heterocycles. The SMILES string of the molecule is C=CC(=O)NCc1cnc(-c2ccc(F)cc2)cc1-c1cccc(F)n1. The molecule has 26 heavy (non-hydrogen) atoms. The van der Waals surface area contributed by atoms with Crippen molar-refractivity contribution in [3.63, 3.8) is 0 Å². The van der Waals surface area contributed by atoms with Crippen molar-refractivity contribution in [2.24, 2.45) is 0 Å². The predicted molar refractivity (Wildman–Crippen MR) is 94.9 cm³/mol. The summed E-state index contributed by atoms with van der Waals surface area (Å²) in [6.07, 6.45) is 2.75. The molecule has 130 valence electrons. The van der Waals surface area contributed by atoms with Gasteiger partial charge in [0.1, 0.15) is 5.82 Å². The van der Waals surface area contributed by atoms with E-state index >= 15 is 0 Å². The van der Waals surface area contributed by atoms with Gasteiger partial charge in [-0.05, 0) is 54.1 Å². The standard InChI is InChI=1S/C20H15F2N3O/c1-2-20(26)24-12-14-11-23-18(13-6-8-15(21)9-7-13)10-16(14)17-4-3-5-19(22)25-17/h2-11H,1,12H2,(H,24,26). The second-order valence-electron chi connectivity index (χ2n) is 5.50. The molecule has 0 atom stereocenters. The Morgan fingerprint density at radius 2 is 1.88 bits per heavy atom. The van der Waals surface area contributed by atoms with Gasteiger partial charge < -0.3 is 5.32 Å². The van der Waals surface area contributed by atoms with Crippen LogP contribution in [0.1, 0.15) is 5.56 Å². The zero-order chi connectivity index (χ0) is 18.5. The van der Waals surface area contributed by atoms with Crippen LogP contribution in [0.5, 0.6) is 0 Å². The van der Waals surface area contributed by atoms with E-state index in [4.69, 9.17) is 0 Å². The number of nitrogens with one attached hydrogen (secondary N) is 1. The van der Waals surface area contributed by atoms with Gasteiger partial charge >= 0.3 is 0 Å². The fourth-order valence-electron chi connectivity index (χ4n) is 2.45. The van der Waals surface area contributed by atoms with E-state index in [0.29, 0.717) is 28.1 Å². The van der Waals surface area contributed by atoms with E-state index in [1.165, 1.54) is 24.3 Å². The molecule has 6 heteroatoms. The summed E-state index contributed by atoms with van der Waals surface area (Å²) in [4.78, 5) is 19.7. The molecule has 0 unspecified atom stereocenters. The Labute approximate surface area is 149 Å². The third kappa shape index (κ3) is 3.97. The van der Waals surface area contributed by atoms with Crippen LogP contribution in [0.25, 0.3) is 22.5 Å². The van der Waals surface area contributed by atoms with Gasteiger partial charge in [0.2, 0.25) is 11.9 Å². The van der Waals surface area contributed by atoms with E-state index < -0.39 is 5.95 Å². The topological polar surface area (TPSA) is 54.9 Å². The second kappa shape index (κ2) is 7.65. The fraction of sp³-hybridized carbons (Fsp3) is 0.0500. The number of nitrogens with zero attached hydrogens (tertiary/aromatic N) is 2. The smallest absolute Gasteiger partial charge is 0.243 e. The first-order chi connectivity index (χ1) is 12.6. The average Bonchev–Trinajstić information content (AvgIpc) is 2.66. The van der Waals surface area contributed by atoms with Crippen molar-refractivity contribution in [1.82, 2.24) is 15.3 Å². The van der Waals surface area contributed by atoms with Crippen molar-refractivity contribution in [2.75, 3.05) is 0 Å². The Morgan fingerprint density at radius 1 is 1.12 bits per heavy atom. The molecule has 0 fully saturated rings. The molecule has 1 amide bonds.